The van der Waals surface area contributed by atoms with Crippen LogP contribution in [0.3, 0.4) is 0 Å². The van der Waals surface area contributed by atoms with Gasteiger partial charge < -0.3 is 19.2 Å². The van der Waals surface area contributed by atoms with Crippen LogP contribution in [0.5, 0.6) is 11.5 Å². The average Bonchev–Trinajstić information content (AvgIpc) is 3.35. The van der Waals surface area contributed by atoms with Crippen molar-refractivity contribution in [2.75, 3.05) is 18.1 Å². The molecule has 0 unspecified atom stereocenters. The molecule has 8 heteroatoms. The van der Waals surface area contributed by atoms with Crippen molar-refractivity contribution in [2.45, 2.75) is 46.7 Å². The van der Waals surface area contributed by atoms with Gasteiger partial charge in [0.2, 0.25) is 0 Å². The highest BCUT2D eigenvalue weighted by atomic mass is 16.5. The van der Waals surface area contributed by atoms with Crippen LogP contribution in [0.15, 0.2) is 52.9 Å². The Morgan fingerprint density at radius 2 is 1.94 bits per heavy atom. The van der Waals surface area contributed by atoms with Crippen LogP contribution in [-0.2, 0) is 11.3 Å². The normalized spacial score (nSPS) is 13.6. The van der Waals surface area contributed by atoms with Crippen molar-refractivity contribution in [1.82, 2.24) is 5.32 Å². The minimum atomic E-state index is -0.305. The first-order valence-electron chi connectivity index (χ1n) is 12.0. The van der Waals surface area contributed by atoms with Crippen LogP contribution in [-0.4, -0.2) is 36.9 Å². The van der Waals surface area contributed by atoms with Crippen molar-refractivity contribution < 1.29 is 28.3 Å². The second kappa shape index (κ2) is 10.7. The third-order valence-corrected chi connectivity index (χ3v) is 6.33. The highest BCUT2D eigenvalue weighted by Gasteiger charge is 2.28. The molecule has 0 spiro atoms. The van der Waals surface area contributed by atoms with Gasteiger partial charge in [0, 0.05) is 11.6 Å². The number of hydrogen-bond donors (Lipinski definition) is 1. The molecule has 0 saturated heterocycles. The number of nitrogens with one attached hydrogen (secondary N) is 1. The highest BCUT2D eigenvalue weighted by Crippen LogP contribution is 2.34. The number of nitrogens with zero attached hydrogens (tertiary/aromatic N) is 1. The van der Waals surface area contributed by atoms with Crippen molar-refractivity contribution in [2.24, 2.45) is 0 Å². The molecule has 1 aliphatic heterocycles. The zero-order valence-corrected chi connectivity index (χ0v) is 20.9. The lowest BCUT2D eigenvalue weighted by atomic mass is 10.1. The second-order valence-corrected chi connectivity index (χ2v) is 8.91. The quantitative estimate of drug-likeness (QED) is 0.440. The van der Waals surface area contributed by atoms with Gasteiger partial charge in [-0.2, -0.15) is 0 Å². The van der Waals surface area contributed by atoms with Crippen molar-refractivity contribution in [3.8, 4) is 11.5 Å². The smallest absolute Gasteiger partial charge is 0.287 e. The van der Waals surface area contributed by atoms with Crippen LogP contribution in [0.1, 0.15) is 58.1 Å². The predicted octanol–water partition coefficient (Wildman–Crippen LogP) is 4.61. The summed E-state index contributed by atoms with van der Waals surface area (Å²) in [4.78, 5) is 39.5. The Hall–Kier alpha value is -4.07. The number of furan rings is 1. The first-order chi connectivity index (χ1) is 17.3. The van der Waals surface area contributed by atoms with Crippen LogP contribution in [0.25, 0.3) is 0 Å². The lowest BCUT2D eigenvalue weighted by Crippen LogP contribution is -2.38. The minimum absolute atomic E-state index is 0.0218. The Labute approximate surface area is 210 Å². The molecule has 188 valence electrons. The van der Waals surface area contributed by atoms with Gasteiger partial charge in [0.25, 0.3) is 11.8 Å². The molecule has 1 N–H and O–H groups in total. The highest BCUT2D eigenvalue weighted by molar-refractivity contribution is 6.02. The number of rotatable bonds is 9. The number of Topliss-reactive ketones (excluding diaryl/α,β-unsaturated/α-hetero) is 1. The van der Waals surface area contributed by atoms with E-state index in [2.05, 4.69) is 5.32 Å². The molecule has 0 aliphatic carbocycles. The minimum Gasteiger partial charge on any atom is -0.485 e. The number of carbonyl (C=O) groups is 3. The van der Waals surface area contributed by atoms with E-state index in [4.69, 9.17) is 13.9 Å². The standard InChI is InChI=1S/C28H30N2O6/c1-5-18(3)29-28(33)26-12-10-21(36-26)14-30-22-13-20(9-11-25(22)35-16-27(30)32)23(31)15-34-24-8-6-7-17(2)19(24)4/h6-13,18H,5,14-16H2,1-4H3,(H,29,33)/t18-/m0/s1. The van der Waals surface area contributed by atoms with E-state index in [0.717, 1.165) is 17.5 Å². The van der Waals surface area contributed by atoms with Crippen LogP contribution in [0.4, 0.5) is 5.69 Å². The number of hydrogen-bond acceptors (Lipinski definition) is 6. The van der Waals surface area contributed by atoms with Crippen molar-refractivity contribution in [3.63, 3.8) is 0 Å². The van der Waals surface area contributed by atoms with E-state index in [1.54, 1.807) is 30.3 Å². The largest absolute Gasteiger partial charge is 0.485 e. The summed E-state index contributed by atoms with van der Waals surface area (Å²) < 4.78 is 17.0. The fraction of sp³-hybridized carbons (Fsp3) is 0.321. The van der Waals surface area contributed by atoms with Gasteiger partial charge in [-0.15, -0.1) is 0 Å². The van der Waals surface area contributed by atoms with E-state index in [1.165, 1.54) is 4.90 Å². The molecule has 0 bridgehead atoms. The topological polar surface area (TPSA) is 98.1 Å². The van der Waals surface area contributed by atoms with E-state index < -0.39 is 0 Å². The molecule has 1 atom stereocenters. The number of benzene rings is 2. The van der Waals surface area contributed by atoms with Gasteiger partial charge in [0.1, 0.15) is 17.3 Å². The molecule has 1 aliphatic rings. The summed E-state index contributed by atoms with van der Waals surface area (Å²) in [6.07, 6.45) is 0.801. The number of aryl methyl sites for hydroxylation is 1. The summed E-state index contributed by atoms with van der Waals surface area (Å²) in [5.41, 5.74) is 2.93. The third-order valence-electron chi connectivity index (χ3n) is 6.33. The fourth-order valence-electron chi connectivity index (χ4n) is 3.79. The van der Waals surface area contributed by atoms with Crippen LogP contribution in [0.2, 0.25) is 0 Å². The van der Waals surface area contributed by atoms with Gasteiger partial charge in [0.05, 0.1) is 12.2 Å². The van der Waals surface area contributed by atoms with Gasteiger partial charge in [-0.3, -0.25) is 19.3 Å². The molecule has 2 aromatic carbocycles. The van der Waals surface area contributed by atoms with Gasteiger partial charge in [-0.25, -0.2) is 0 Å². The molecule has 0 saturated carbocycles. The number of carbonyl (C=O) groups excluding carboxylic acids is 3. The van der Waals surface area contributed by atoms with Gasteiger partial charge in [-0.1, -0.05) is 19.1 Å². The number of fused-ring (bicyclic) bond motifs is 1. The molecule has 2 amide bonds. The van der Waals surface area contributed by atoms with Crippen molar-refractivity contribution in [3.05, 3.63) is 76.7 Å². The Morgan fingerprint density at radius 1 is 1.14 bits per heavy atom. The average molecular weight is 491 g/mol. The maximum absolute atomic E-state index is 12.9. The molecule has 2 heterocycles. The summed E-state index contributed by atoms with van der Waals surface area (Å²) in [7, 11) is 0. The summed E-state index contributed by atoms with van der Waals surface area (Å²) in [6.45, 7) is 7.67. The van der Waals surface area contributed by atoms with E-state index in [9.17, 15) is 14.4 Å². The maximum atomic E-state index is 12.9. The van der Waals surface area contributed by atoms with E-state index >= 15 is 0 Å². The molecule has 36 heavy (non-hydrogen) atoms. The number of ether oxygens (including phenoxy) is 2. The molecule has 0 radical (unpaired) electrons. The van der Waals surface area contributed by atoms with E-state index in [-0.39, 0.29) is 49.2 Å². The van der Waals surface area contributed by atoms with Crippen LogP contribution >= 0.6 is 0 Å². The Morgan fingerprint density at radius 3 is 2.72 bits per heavy atom. The summed E-state index contributed by atoms with van der Waals surface area (Å²) in [6, 6.07) is 13.9. The van der Waals surface area contributed by atoms with Gasteiger partial charge in [-0.05, 0) is 74.7 Å². The first kappa shape index (κ1) is 25.0. The number of amides is 2. The lowest BCUT2D eigenvalue weighted by Gasteiger charge is -2.29. The van der Waals surface area contributed by atoms with E-state index in [0.29, 0.717) is 28.5 Å². The number of anilines is 1. The molecular weight excluding hydrogens is 460 g/mol. The Kier molecular flexibility index (Phi) is 7.43. The Balaban J connectivity index is 1.50. The molecule has 4 rings (SSSR count). The maximum Gasteiger partial charge on any atom is 0.287 e. The summed E-state index contributed by atoms with van der Waals surface area (Å²) in [5.74, 6) is 0.968. The second-order valence-electron chi connectivity index (χ2n) is 8.91. The van der Waals surface area contributed by atoms with Crippen molar-refractivity contribution >= 4 is 23.3 Å². The fourth-order valence-corrected chi connectivity index (χ4v) is 3.79. The summed E-state index contributed by atoms with van der Waals surface area (Å²) in [5, 5.41) is 2.85. The van der Waals surface area contributed by atoms with Gasteiger partial charge in [0.15, 0.2) is 24.8 Å². The van der Waals surface area contributed by atoms with Crippen LogP contribution in [0, 0.1) is 13.8 Å². The molecular formula is C28H30N2O6. The zero-order chi connectivity index (χ0) is 25.8. The third kappa shape index (κ3) is 5.43. The van der Waals surface area contributed by atoms with E-state index in [1.807, 2.05) is 45.9 Å². The Bertz CT molecular complexity index is 1290. The monoisotopic (exact) mass is 490 g/mol. The molecule has 0 fully saturated rings. The van der Waals surface area contributed by atoms with Crippen LogP contribution < -0.4 is 19.7 Å². The molecule has 3 aromatic rings. The van der Waals surface area contributed by atoms with Gasteiger partial charge >= 0.3 is 0 Å². The SMILES string of the molecule is CC[C@H](C)NC(=O)c1ccc(CN2C(=O)COc3ccc(C(=O)COc4cccc(C)c4C)cc32)o1. The zero-order valence-electron chi connectivity index (χ0n) is 20.9. The molecule has 8 nitrogen and oxygen atoms in total. The first-order valence-corrected chi connectivity index (χ1v) is 12.0. The van der Waals surface area contributed by atoms with Crippen molar-refractivity contribution in [1.29, 1.82) is 0 Å². The number of ketones is 1. The predicted molar refractivity (Wildman–Crippen MR) is 135 cm³/mol. The summed E-state index contributed by atoms with van der Waals surface area (Å²) >= 11 is 0. The lowest BCUT2D eigenvalue weighted by molar-refractivity contribution is -0.121. The molecule has 1 aromatic heterocycles.